The summed E-state index contributed by atoms with van der Waals surface area (Å²) in [6, 6.07) is 7.94. The number of ether oxygens (including phenoxy) is 1. The van der Waals surface area contributed by atoms with Crippen molar-refractivity contribution in [3.8, 4) is 5.75 Å². The van der Waals surface area contributed by atoms with E-state index in [1.54, 1.807) is 38.4 Å². The first-order valence-electron chi connectivity index (χ1n) is 13.5. The molecule has 3 aromatic rings. The number of benzene rings is 2. The summed E-state index contributed by atoms with van der Waals surface area (Å²) in [4.78, 5) is 21.4. The van der Waals surface area contributed by atoms with Gasteiger partial charge in [-0.2, -0.15) is 0 Å². The zero-order valence-electron chi connectivity index (χ0n) is 24.5. The van der Waals surface area contributed by atoms with E-state index in [-0.39, 0.29) is 17.4 Å². The van der Waals surface area contributed by atoms with E-state index >= 15 is 0 Å². The number of aliphatic hydroxyl groups is 1. The van der Waals surface area contributed by atoms with Crippen molar-refractivity contribution in [1.29, 1.82) is 0 Å². The van der Waals surface area contributed by atoms with Gasteiger partial charge in [-0.05, 0) is 75.3 Å². The zero-order chi connectivity index (χ0) is 31.0. The number of guanidine groups is 1. The number of methoxy groups -OCH3 is 1. The fourth-order valence-electron chi connectivity index (χ4n) is 4.72. The van der Waals surface area contributed by atoms with E-state index in [0.717, 1.165) is 11.1 Å². The minimum absolute atomic E-state index is 0.121. The van der Waals surface area contributed by atoms with Gasteiger partial charge in [-0.15, -0.1) is 11.3 Å². The molecule has 7 N–H and O–H groups in total. The number of thiazole rings is 1. The number of hydrogen-bond acceptors (Lipinski definition) is 9. The average molecular weight is 617 g/mol. The molecule has 1 unspecified atom stereocenters. The van der Waals surface area contributed by atoms with Gasteiger partial charge in [-0.25, -0.2) is 18.1 Å². The van der Waals surface area contributed by atoms with Crippen molar-refractivity contribution in [2.75, 3.05) is 13.7 Å². The first-order valence-corrected chi connectivity index (χ1v) is 15.9. The molecule has 0 aliphatic heterocycles. The molecule has 0 saturated carbocycles. The highest BCUT2D eigenvalue weighted by Gasteiger charge is 2.27. The Morgan fingerprint density at radius 2 is 1.93 bits per heavy atom. The fourth-order valence-corrected chi connectivity index (χ4v) is 6.88. The van der Waals surface area contributed by atoms with Crippen LogP contribution in [0.2, 0.25) is 0 Å². The third kappa shape index (κ3) is 8.51. The van der Waals surface area contributed by atoms with Gasteiger partial charge in [-0.3, -0.25) is 9.79 Å². The van der Waals surface area contributed by atoms with Gasteiger partial charge in [0.25, 0.3) is 10.0 Å². The SMILES string of the molecule is COc1cc(C)c(S(=O)(=O)NC(N)=NCCC[C@H](NC(=O)[C@@H](N)Cc2cccc(C)c2)C(O)c2nccs2)c(C)c1C. The van der Waals surface area contributed by atoms with Crippen LogP contribution in [0.15, 0.2) is 51.8 Å². The third-order valence-electron chi connectivity index (χ3n) is 6.95. The topological polar surface area (TPSA) is 182 Å². The van der Waals surface area contributed by atoms with E-state index in [0.29, 0.717) is 46.7 Å². The van der Waals surface area contributed by atoms with E-state index in [1.807, 2.05) is 31.2 Å². The van der Waals surface area contributed by atoms with Crippen LogP contribution in [-0.4, -0.2) is 56.1 Å². The number of carbonyl (C=O) groups excluding carboxylic acids is 1. The van der Waals surface area contributed by atoms with Crippen LogP contribution in [0.4, 0.5) is 0 Å². The minimum atomic E-state index is -4.00. The van der Waals surface area contributed by atoms with Crippen molar-refractivity contribution in [3.63, 3.8) is 0 Å². The van der Waals surface area contributed by atoms with Crippen LogP contribution in [-0.2, 0) is 21.2 Å². The molecule has 1 amide bonds. The minimum Gasteiger partial charge on any atom is -0.496 e. The summed E-state index contributed by atoms with van der Waals surface area (Å²) in [5.74, 6) is -0.0554. The molecule has 13 heteroatoms. The van der Waals surface area contributed by atoms with Gasteiger partial charge >= 0.3 is 0 Å². The monoisotopic (exact) mass is 616 g/mol. The predicted molar refractivity (Wildman–Crippen MR) is 165 cm³/mol. The Kier molecular flexibility index (Phi) is 11.5. The molecular weight excluding hydrogens is 576 g/mol. The molecule has 1 heterocycles. The molecule has 0 aliphatic rings. The average Bonchev–Trinajstić information content (AvgIpc) is 3.46. The van der Waals surface area contributed by atoms with Gasteiger partial charge in [0.15, 0.2) is 0 Å². The second-order valence-corrected chi connectivity index (χ2v) is 12.8. The van der Waals surface area contributed by atoms with Crippen molar-refractivity contribution < 1.29 is 23.1 Å². The van der Waals surface area contributed by atoms with Crippen molar-refractivity contribution in [3.05, 3.63) is 74.7 Å². The lowest BCUT2D eigenvalue weighted by Crippen LogP contribution is -2.48. The second kappa shape index (κ2) is 14.6. The Balaban J connectivity index is 1.65. The van der Waals surface area contributed by atoms with Crippen LogP contribution < -0.4 is 26.2 Å². The lowest BCUT2D eigenvalue weighted by Gasteiger charge is -2.24. The number of carbonyl (C=O) groups is 1. The molecule has 0 saturated heterocycles. The van der Waals surface area contributed by atoms with E-state index < -0.39 is 34.1 Å². The number of amides is 1. The van der Waals surface area contributed by atoms with Crippen LogP contribution in [0.25, 0.3) is 0 Å². The van der Waals surface area contributed by atoms with Gasteiger partial charge in [0.2, 0.25) is 11.9 Å². The molecule has 3 atom stereocenters. The van der Waals surface area contributed by atoms with E-state index in [9.17, 15) is 18.3 Å². The second-order valence-electron chi connectivity index (χ2n) is 10.2. The number of nitrogens with one attached hydrogen (secondary N) is 2. The summed E-state index contributed by atoms with van der Waals surface area (Å²) in [6.45, 7) is 7.31. The number of aromatic nitrogens is 1. The van der Waals surface area contributed by atoms with Gasteiger partial charge in [0.1, 0.15) is 16.9 Å². The van der Waals surface area contributed by atoms with E-state index in [2.05, 4.69) is 20.0 Å². The van der Waals surface area contributed by atoms with Crippen molar-refractivity contribution in [2.45, 2.75) is 70.0 Å². The van der Waals surface area contributed by atoms with Crippen LogP contribution in [0.1, 0.15) is 51.8 Å². The molecule has 0 bridgehead atoms. The molecule has 2 aromatic carbocycles. The maximum absolute atomic E-state index is 13.1. The number of rotatable bonds is 13. The number of nitrogens with two attached hydrogens (primary N) is 2. The van der Waals surface area contributed by atoms with Gasteiger partial charge < -0.3 is 26.6 Å². The molecule has 42 heavy (non-hydrogen) atoms. The summed E-state index contributed by atoms with van der Waals surface area (Å²) in [6.07, 6.45) is 1.59. The molecule has 3 rings (SSSR count). The first-order chi connectivity index (χ1) is 19.8. The lowest BCUT2D eigenvalue weighted by molar-refractivity contribution is -0.124. The van der Waals surface area contributed by atoms with E-state index in [4.69, 9.17) is 16.2 Å². The number of aryl methyl sites for hydroxylation is 2. The molecule has 0 radical (unpaired) electrons. The molecule has 11 nitrogen and oxygen atoms in total. The number of aliphatic imine (C=N–C) groups is 1. The highest BCUT2D eigenvalue weighted by atomic mass is 32.2. The Labute approximate surface area is 251 Å². The molecule has 228 valence electrons. The van der Waals surface area contributed by atoms with Gasteiger partial charge in [0.05, 0.1) is 24.1 Å². The standard InChI is InChI=1S/C29H40N6O5S2/c1-17-8-6-9-21(14-17)16-22(30)27(37)34-23(25(36)28-32-12-13-41-28)10-7-11-33-29(31)35-42(38,39)26-18(2)15-24(40-5)19(3)20(26)4/h6,8-9,12-15,22-23,25,36H,7,10-11,16,30H2,1-5H3,(H,34,37)(H3,31,33,35)/t22-,23-,25?/m0/s1. The molecule has 0 aliphatic carbocycles. The largest absolute Gasteiger partial charge is 0.496 e. The Morgan fingerprint density at radius 3 is 2.57 bits per heavy atom. The molecule has 0 fully saturated rings. The summed E-state index contributed by atoms with van der Waals surface area (Å²) < 4.78 is 33.9. The van der Waals surface area contributed by atoms with Crippen LogP contribution in [0.3, 0.4) is 0 Å². The highest BCUT2D eigenvalue weighted by Crippen LogP contribution is 2.30. The van der Waals surface area contributed by atoms with Crippen molar-refractivity contribution >= 4 is 33.2 Å². The maximum Gasteiger partial charge on any atom is 0.264 e. The summed E-state index contributed by atoms with van der Waals surface area (Å²) in [7, 11) is -2.47. The molecule has 0 spiro atoms. The lowest BCUT2D eigenvalue weighted by atomic mass is 10.0. The number of sulfonamides is 1. The summed E-state index contributed by atoms with van der Waals surface area (Å²) in [5.41, 5.74) is 15.9. The maximum atomic E-state index is 13.1. The van der Waals surface area contributed by atoms with Gasteiger partial charge in [-0.1, -0.05) is 29.8 Å². The van der Waals surface area contributed by atoms with E-state index in [1.165, 1.54) is 18.4 Å². The highest BCUT2D eigenvalue weighted by molar-refractivity contribution is 7.90. The van der Waals surface area contributed by atoms with Crippen molar-refractivity contribution in [1.82, 2.24) is 15.0 Å². The summed E-state index contributed by atoms with van der Waals surface area (Å²) >= 11 is 1.28. The normalized spacial score (nSPS) is 14.2. The smallest absolute Gasteiger partial charge is 0.264 e. The number of nitrogens with zero attached hydrogens (tertiary/aromatic N) is 2. The Bertz CT molecular complexity index is 1510. The molecule has 1 aromatic heterocycles. The van der Waals surface area contributed by atoms with Crippen LogP contribution in [0, 0.1) is 27.7 Å². The fraction of sp³-hybridized carbons (Fsp3) is 0.414. The van der Waals surface area contributed by atoms with Crippen LogP contribution >= 0.6 is 11.3 Å². The molecular formula is C29H40N6O5S2. The Hall–Kier alpha value is -3.52. The summed E-state index contributed by atoms with van der Waals surface area (Å²) in [5, 5.41) is 16.0. The Morgan fingerprint density at radius 1 is 1.19 bits per heavy atom. The third-order valence-corrected chi connectivity index (χ3v) is 9.44. The van der Waals surface area contributed by atoms with Crippen LogP contribution in [0.5, 0.6) is 5.75 Å². The van der Waals surface area contributed by atoms with Crippen molar-refractivity contribution in [2.24, 2.45) is 16.5 Å². The first kappa shape index (κ1) is 33.0. The van der Waals surface area contributed by atoms with Gasteiger partial charge in [0, 0.05) is 18.1 Å². The number of hydrogen-bond donors (Lipinski definition) is 5. The number of aliphatic hydroxyl groups excluding tert-OH is 1. The predicted octanol–water partition coefficient (Wildman–Crippen LogP) is 2.55. The zero-order valence-corrected chi connectivity index (χ0v) is 26.2. The quantitative estimate of drug-likeness (QED) is 0.110.